The van der Waals surface area contributed by atoms with E-state index in [9.17, 15) is 0 Å². The third-order valence-electron chi connectivity index (χ3n) is 9.71. The largest absolute Gasteiger partial charge is 0.0654 e. The summed E-state index contributed by atoms with van der Waals surface area (Å²) in [5, 5.41) is 0. The van der Waals surface area contributed by atoms with Crippen molar-refractivity contribution in [3.63, 3.8) is 0 Å². The maximum atomic E-state index is 2.56. The molecule has 25 heavy (non-hydrogen) atoms. The van der Waals surface area contributed by atoms with Gasteiger partial charge in [-0.2, -0.15) is 0 Å². The van der Waals surface area contributed by atoms with E-state index in [2.05, 4.69) is 20.8 Å². The van der Waals surface area contributed by atoms with Gasteiger partial charge < -0.3 is 0 Å². The number of unbranched alkanes of at least 4 members (excludes halogenated alkanes) is 3. The Morgan fingerprint density at radius 3 is 1.92 bits per heavy atom. The lowest BCUT2D eigenvalue weighted by Crippen LogP contribution is -2.58. The van der Waals surface area contributed by atoms with Crippen LogP contribution in [0.3, 0.4) is 0 Å². The minimum atomic E-state index is 0.772. The van der Waals surface area contributed by atoms with Crippen LogP contribution in [0.1, 0.15) is 111 Å². The minimum absolute atomic E-state index is 0.772. The fourth-order valence-corrected chi connectivity index (χ4v) is 7.76. The minimum Gasteiger partial charge on any atom is -0.0654 e. The summed E-state index contributed by atoms with van der Waals surface area (Å²) in [5.74, 6) is 7.81. The predicted molar refractivity (Wildman–Crippen MR) is 109 cm³/mol. The van der Waals surface area contributed by atoms with Gasteiger partial charge in [-0.3, -0.25) is 0 Å². The number of rotatable bonds is 9. The second-order valence-corrected chi connectivity index (χ2v) is 10.9. The first kappa shape index (κ1) is 18.4. The summed E-state index contributed by atoms with van der Waals surface area (Å²) >= 11 is 0. The molecule has 3 unspecified atom stereocenters. The summed E-state index contributed by atoms with van der Waals surface area (Å²) in [6, 6.07) is 0. The molecule has 144 valence electrons. The average molecular weight is 345 g/mol. The lowest BCUT2D eigenvalue weighted by Gasteiger charge is -2.66. The van der Waals surface area contributed by atoms with Crippen LogP contribution in [0.2, 0.25) is 0 Å². The van der Waals surface area contributed by atoms with Gasteiger partial charge in [-0.15, -0.1) is 0 Å². The maximum Gasteiger partial charge on any atom is -0.0238 e. The average Bonchev–Trinajstić information content (AvgIpc) is 2.47. The Morgan fingerprint density at radius 1 is 0.720 bits per heavy atom. The summed E-state index contributed by atoms with van der Waals surface area (Å²) in [4.78, 5) is 0. The van der Waals surface area contributed by atoms with Crippen molar-refractivity contribution >= 4 is 0 Å². The van der Waals surface area contributed by atoms with Gasteiger partial charge in [0, 0.05) is 0 Å². The zero-order valence-electron chi connectivity index (χ0n) is 17.4. The standard InChI is InChI=1S/C25H44/c1-4-6-7-8-12-25(5-2)23(21-13-18(3)14-21)17-24(25)22-15-20(16-22)19-10-9-11-19/h18-24H,4-17H2,1-3H3. The number of hydrogen-bond acceptors (Lipinski definition) is 0. The van der Waals surface area contributed by atoms with E-state index in [-0.39, 0.29) is 0 Å². The van der Waals surface area contributed by atoms with Crippen molar-refractivity contribution < 1.29 is 0 Å². The quantitative estimate of drug-likeness (QED) is 0.373. The first-order valence-electron chi connectivity index (χ1n) is 12.2. The highest BCUT2D eigenvalue weighted by Gasteiger charge is 2.60. The molecule has 4 fully saturated rings. The van der Waals surface area contributed by atoms with E-state index in [1.165, 1.54) is 38.5 Å². The second-order valence-electron chi connectivity index (χ2n) is 10.9. The Kier molecular flexibility index (Phi) is 5.55. The van der Waals surface area contributed by atoms with Crippen LogP contribution < -0.4 is 0 Å². The van der Waals surface area contributed by atoms with E-state index in [1.807, 2.05) is 0 Å². The molecule has 0 N–H and O–H groups in total. The molecule has 0 spiro atoms. The molecular weight excluding hydrogens is 300 g/mol. The molecule has 0 heteroatoms. The molecular formula is C25H44. The van der Waals surface area contributed by atoms with Gasteiger partial charge >= 0.3 is 0 Å². The SMILES string of the molecule is CCCCCCC1(CC)C(C2CC(C)C2)CC1C1CC(C2CCC2)C1. The highest BCUT2D eigenvalue weighted by molar-refractivity contribution is 5.09. The molecule has 0 amide bonds. The monoisotopic (exact) mass is 344 g/mol. The van der Waals surface area contributed by atoms with Gasteiger partial charge in [0.1, 0.15) is 0 Å². The third kappa shape index (κ3) is 3.23. The molecule has 4 saturated carbocycles. The van der Waals surface area contributed by atoms with Crippen molar-refractivity contribution in [3.8, 4) is 0 Å². The highest BCUT2D eigenvalue weighted by atomic mass is 14.6. The highest BCUT2D eigenvalue weighted by Crippen LogP contribution is 2.68. The van der Waals surface area contributed by atoms with Gasteiger partial charge in [0.05, 0.1) is 0 Å². The molecule has 0 nitrogen and oxygen atoms in total. The van der Waals surface area contributed by atoms with Gasteiger partial charge in [-0.1, -0.05) is 65.7 Å². The lowest BCUT2D eigenvalue weighted by molar-refractivity contribution is -0.170. The summed E-state index contributed by atoms with van der Waals surface area (Å²) in [7, 11) is 0. The molecule has 0 radical (unpaired) electrons. The van der Waals surface area contributed by atoms with Gasteiger partial charge in [-0.25, -0.2) is 0 Å². The van der Waals surface area contributed by atoms with Crippen LogP contribution in [-0.2, 0) is 0 Å². The van der Waals surface area contributed by atoms with Crippen molar-refractivity contribution in [1.29, 1.82) is 0 Å². The van der Waals surface area contributed by atoms with Gasteiger partial charge in [-0.05, 0) is 91.8 Å². The first-order valence-corrected chi connectivity index (χ1v) is 12.2. The van der Waals surface area contributed by atoms with E-state index in [0.717, 1.165) is 46.8 Å². The number of hydrogen-bond donors (Lipinski definition) is 0. The second kappa shape index (κ2) is 7.55. The van der Waals surface area contributed by atoms with E-state index >= 15 is 0 Å². The van der Waals surface area contributed by atoms with Crippen molar-refractivity contribution in [3.05, 3.63) is 0 Å². The maximum absolute atomic E-state index is 2.56. The van der Waals surface area contributed by atoms with E-state index in [0.29, 0.717) is 0 Å². The Labute approximate surface area is 157 Å². The van der Waals surface area contributed by atoms with Crippen molar-refractivity contribution in [2.24, 2.45) is 46.8 Å². The van der Waals surface area contributed by atoms with Gasteiger partial charge in [0.15, 0.2) is 0 Å². The van der Waals surface area contributed by atoms with Crippen LogP contribution >= 0.6 is 0 Å². The normalized spacial score (nSPS) is 46.7. The third-order valence-corrected chi connectivity index (χ3v) is 9.71. The van der Waals surface area contributed by atoms with Crippen molar-refractivity contribution in [1.82, 2.24) is 0 Å². The molecule has 4 aliphatic carbocycles. The van der Waals surface area contributed by atoms with E-state index in [4.69, 9.17) is 0 Å². The molecule has 4 rings (SSSR count). The summed E-state index contributed by atoms with van der Waals surface area (Å²) in [6.07, 6.45) is 21.6. The summed E-state index contributed by atoms with van der Waals surface area (Å²) in [5.41, 5.74) is 0.772. The van der Waals surface area contributed by atoms with Gasteiger partial charge in [0.25, 0.3) is 0 Å². The predicted octanol–water partition coefficient (Wildman–Crippen LogP) is 7.86. The van der Waals surface area contributed by atoms with E-state index in [1.54, 1.807) is 51.4 Å². The molecule has 0 heterocycles. The Bertz CT molecular complexity index is 423. The fourth-order valence-electron chi connectivity index (χ4n) is 7.76. The van der Waals surface area contributed by atoms with Gasteiger partial charge in [0.2, 0.25) is 0 Å². The summed E-state index contributed by atoms with van der Waals surface area (Å²) in [6.45, 7) is 7.40. The molecule has 0 aromatic rings. The zero-order chi connectivity index (χ0) is 17.4. The smallest absolute Gasteiger partial charge is 0.0238 e. The van der Waals surface area contributed by atoms with Crippen LogP contribution in [0.4, 0.5) is 0 Å². The van der Waals surface area contributed by atoms with Crippen molar-refractivity contribution in [2.75, 3.05) is 0 Å². The Hall–Kier alpha value is 0. The Morgan fingerprint density at radius 2 is 1.40 bits per heavy atom. The molecule has 0 saturated heterocycles. The Balaban J connectivity index is 1.37. The van der Waals surface area contributed by atoms with E-state index < -0.39 is 0 Å². The molecule has 0 bridgehead atoms. The van der Waals surface area contributed by atoms with Crippen LogP contribution in [0.25, 0.3) is 0 Å². The molecule has 0 aromatic heterocycles. The topological polar surface area (TPSA) is 0 Å². The lowest BCUT2D eigenvalue weighted by atomic mass is 9.39. The summed E-state index contributed by atoms with van der Waals surface area (Å²) < 4.78 is 0. The first-order chi connectivity index (χ1) is 12.2. The van der Waals surface area contributed by atoms with Crippen LogP contribution in [0, 0.1) is 46.8 Å². The fraction of sp³-hybridized carbons (Fsp3) is 1.00. The molecule has 4 aliphatic rings. The molecule has 3 atom stereocenters. The molecule has 0 aromatic carbocycles. The zero-order valence-corrected chi connectivity index (χ0v) is 17.4. The van der Waals surface area contributed by atoms with Crippen LogP contribution in [-0.4, -0.2) is 0 Å². The van der Waals surface area contributed by atoms with Crippen LogP contribution in [0.5, 0.6) is 0 Å². The van der Waals surface area contributed by atoms with Crippen LogP contribution in [0.15, 0.2) is 0 Å². The molecule has 0 aliphatic heterocycles. The van der Waals surface area contributed by atoms with Crippen molar-refractivity contribution in [2.45, 2.75) is 111 Å².